The Labute approximate surface area is 176 Å². The van der Waals surface area contributed by atoms with Crippen molar-refractivity contribution in [1.82, 2.24) is 4.90 Å². The van der Waals surface area contributed by atoms with Crippen molar-refractivity contribution in [3.63, 3.8) is 0 Å². The number of rotatable bonds is 8. The first-order chi connectivity index (χ1) is 14.5. The van der Waals surface area contributed by atoms with Gasteiger partial charge in [-0.15, -0.1) is 0 Å². The number of ether oxygens (including phenoxy) is 2. The van der Waals surface area contributed by atoms with Crippen molar-refractivity contribution in [2.24, 2.45) is 0 Å². The van der Waals surface area contributed by atoms with Crippen LogP contribution >= 0.6 is 0 Å². The van der Waals surface area contributed by atoms with Crippen LogP contribution in [0.3, 0.4) is 0 Å². The number of carbonyl (C=O) groups is 2. The molecule has 6 heteroatoms. The van der Waals surface area contributed by atoms with Crippen molar-refractivity contribution in [1.29, 1.82) is 0 Å². The summed E-state index contributed by atoms with van der Waals surface area (Å²) in [5.41, 5.74) is 2.82. The number of nitrogens with one attached hydrogen (secondary N) is 1. The standard InChI is InChI=1S/C24H24N2O4/c1-26(16-23(27)25-20-10-14-21(29-2)15-11-20)24(28)17-30-22-12-8-19(9-13-22)18-6-4-3-5-7-18/h3-15H,16-17H2,1-2H3,(H,25,27). The molecule has 154 valence electrons. The van der Waals surface area contributed by atoms with Crippen molar-refractivity contribution in [3.05, 3.63) is 78.9 Å². The summed E-state index contributed by atoms with van der Waals surface area (Å²) in [6.45, 7) is -0.210. The number of methoxy groups -OCH3 is 1. The van der Waals surface area contributed by atoms with Crippen molar-refractivity contribution in [2.45, 2.75) is 0 Å². The molecule has 0 fully saturated rings. The van der Waals surface area contributed by atoms with Crippen LogP contribution in [0.15, 0.2) is 78.9 Å². The van der Waals surface area contributed by atoms with Gasteiger partial charge in [0.2, 0.25) is 5.91 Å². The van der Waals surface area contributed by atoms with Crippen molar-refractivity contribution >= 4 is 17.5 Å². The molecular formula is C24H24N2O4. The van der Waals surface area contributed by atoms with Gasteiger partial charge in [0, 0.05) is 12.7 Å². The summed E-state index contributed by atoms with van der Waals surface area (Å²) in [5.74, 6) is 0.726. The number of nitrogens with zero attached hydrogens (tertiary/aromatic N) is 1. The Balaban J connectivity index is 1.46. The molecular weight excluding hydrogens is 380 g/mol. The minimum atomic E-state index is -0.289. The average Bonchev–Trinajstić information content (AvgIpc) is 2.78. The van der Waals surface area contributed by atoms with Crippen LogP contribution in [0, 0.1) is 0 Å². The van der Waals surface area contributed by atoms with Crippen LogP contribution in [0.25, 0.3) is 11.1 Å². The van der Waals surface area contributed by atoms with E-state index in [1.165, 1.54) is 4.90 Å². The van der Waals surface area contributed by atoms with Crippen molar-refractivity contribution in [2.75, 3.05) is 32.6 Å². The molecule has 2 amide bonds. The summed E-state index contributed by atoms with van der Waals surface area (Å²) in [6.07, 6.45) is 0. The van der Waals surface area contributed by atoms with Gasteiger partial charge in [0.1, 0.15) is 11.5 Å². The molecule has 3 aromatic rings. The van der Waals surface area contributed by atoms with E-state index in [1.54, 1.807) is 38.4 Å². The number of anilines is 1. The van der Waals surface area contributed by atoms with Gasteiger partial charge in [-0.1, -0.05) is 42.5 Å². The van der Waals surface area contributed by atoms with Gasteiger partial charge in [-0.25, -0.2) is 0 Å². The second kappa shape index (κ2) is 10.1. The highest BCUT2D eigenvalue weighted by atomic mass is 16.5. The average molecular weight is 404 g/mol. The van der Waals surface area contributed by atoms with E-state index >= 15 is 0 Å². The molecule has 0 bridgehead atoms. The van der Waals surface area contributed by atoms with E-state index in [0.29, 0.717) is 17.2 Å². The van der Waals surface area contributed by atoms with Gasteiger partial charge in [0.05, 0.1) is 13.7 Å². The normalized spacial score (nSPS) is 10.2. The monoisotopic (exact) mass is 404 g/mol. The van der Waals surface area contributed by atoms with Crippen molar-refractivity contribution in [3.8, 4) is 22.6 Å². The lowest BCUT2D eigenvalue weighted by molar-refractivity contribution is -0.135. The molecule has 0 saturated carbocycles. The topological polar surface area (TPSA) is 67.9 Å². The fourth-order valence-corrected chi connectivity index (χ4v) is 2.81. The smallest absolute Gasteiger partial charge is 0.260 e. The SMILES string of the molecule is COc1ccc(NC(=O)CN(C)C(=O)COc2ccc(-c3ccccc3)cc2)cc1. The van der Waals surface area contributed by atoms with E-state index in [2.05, 4.69) is 5.32 Å². The van der Waals surface area contributed by atoms with Gasteiger partial charge in [0.25, 0.3) is 5.91 Å². The van der Waals surface area contributed by atoms with E-state index in [9.17, 15) is 9.59 Å². The van der Waals surface area contributed by atoms with Crippen LogP contribution in [-0.4, -0.2) is 44.0 Å². The Morgan fingerprint density at radius 1 is 0.833 bits per heavy atom. The minimum absolute atomic E-state index is 0.0683. The molecule has 0 saturated heterocycles. The second-order valence-corrected chi connectivity index (χ2v) is 6.71. The number of carbonyl (C=O) groups excluding carboxylic acids is 2. The van der Waals surface area contributed by atoms with Gasteiger partial charge >= 0.3 is 0 Å². The summed E-state index contributed by atoms with van der Waals surface area (Å²) >= 11 is 0. The zero-order valence-corrected chi connectivity index (χ0v) is 17.0. The Bertz CT molecular complexity index is 970. The zero-order chi connectivity index (χ0) is 21.3. The molecule has 0 heterocycles. The Kier molecular flexibility index (Phi) is 7.05. The van der Waals surface area contributed by atoms with Crippen LogP contribution in [-0.2, 0) is 9.59 Å². The Morgan fingerprint density at radius 3 is 2.07 bits per heavy atom. The maximum absolute atomic E-state index is 12.3. The summed E-state index contributed by atoms with van der Waals surface area (Å²) in [4.78, 5) is 25.8. The van der Waals surface area contributed by atoms with Gasteiger partial charge in [-0.2, -0.15) is 0 Å². The molecule has 0 radical (unpaired) electrons. The van der Waals surface area contributed by atoms with Crippen molar-refractivity contribution < 1.29 is 19.1 Å². The van der Waals surface area contributed by atoms with Crippen LogP contribution in [0.2, 0.25) is 0 Å². The third kappa shape index (κ3) is 5.85. The predicted molar refractivity (Wildman–Crippen MR) is 117 cm³/mol. The van der Waals surface area contributed by atoms with Gasteiger partial charge < -0.3 is 19.7 Å². The van der Waals surface area contributed by atoms with Gasteiger partial charge in [-0.05, 0) is 47.5 Å². The fourth-order valence-electron chi connectivity index (χ4n) is 2.81. The number of likely N-dealkylation sites (N-methyl/N-ethyl adjacent to an activating group) is 1. The lowest BCUT2D eigenvalue weighted by atomic mass is 10.1. The highest BCUT2D eigenvalue weighted by molar-refractivity contribution is 5.94. The van der Waals surface area contributed by atoms with Crippen LogP contribution in [0.1, 0.15) is 0 Å². The summed E-state index contributed by atoms with van der Waals surface area (Å²) in [5, 5.41) is 2.75. The lowest BCUT2D eigenvalue weighted by Gasteiger charge is -2.17. The fraction of sp³-hybridized carbons (Fsp3) is 0.167. The van der Waals surface area contributed by atoms with Crippen LogP contribution in [0.4, 0.5) is 5.69 Å². The highest BCUT2D eigenvalue weighted by Gasteiger charge is 2.14. The maximum atomic E-state index is 12.3. The molecule has 0 unspecified atom stereocenters. The quantitative estimate of drug-likeness (QED) is 0.619. The molecule has 3 aromatic carbocycles. The molecule has 0 aliphatic rings. The minimum Gasteiger partial charge on any atom is -0.497 e. The van der Waals surface area contributed by atoms with Crippen LogP contribution < -0.4 is 14.8 Å². The van der Waals surface area contributed by atoms with E-state index < -0.39 is 0 Å². The van der Waals surface area contributed by atoms with Crippen LogP contribution in [0.5, 0.6) is 11.5 Å². The first kappa shape index (κ1) is 20.9. The summed E-state index contributed by atoms with van der Waals surface area (Å²) in [6, 6.07) is 24.5. The first-order valence-electron chi connectivity index (χ1n) is 9.51. The maximum Gasteiger partial charge on any atom is 0.260 e. The summed E-state index contributed by atoms with van der Waals surface area (Å²) < 4.78 is 10.7. The third-order valence-electron chi connectivity index (χ3n) is 4.50. The first-order valence-corrected chi connectivity index (χ1v) is 9.51. The highest BCUT2D eigenvalue weighted by Crippen LogP contribution is 2.22. The molecule has 0 aliphatic heterocycles. The van der Waals surface area contributed by atoms with E-state index in [-0.39, 0.29) is 25.0 Å². The summed E-state index contributed by atoms with van der Waals surface area (Å²) in [7, 11) is 3.14. The van der Waals surface area contributed by atoms with Gasteiger partial charge in [0.15, 0.2) is 6.61 Å². The second-order valence-electron chi connectivity index (χ2n) is 6.71. The third-order valence-corrected chi connectivity index (χ3v) is 4.50. The molecule has 0 atom stereocenters. The molecule has 30 heavy (non-hydrogen) atoms. The Morgan fingerprint density at radius 2 is 1.43 bits per heavy atom. The molecule has 0 spiro atoms. The molecule has 1 N–H and O–H groups in total. The van der Waals surface area contributed by atoms with E-state index in [4.69, 9.17) is 9.47 Å². The molecule has 0 aliphatic carbocycles. The van der Waals surface area contributed by atoms with Gasteiger partial charge in [-0.3, -0.25) is 9.59 Å². The zero-order valence-electron chi connectivity index (χ0n) is 17.0. The predicted octanol–water partition coefficient (Wildman–Crippen LogP) is 3.84. The number of hydrogen-bond donors (Lipinski definition) is 1. The number of benzene rings is 3. The Hall–Kier alpha value is -3.80. The lowest BCUT2D eigenvalue weighted by Crippen LogP contribution is -2.37. The van der Waals surface area contributed by atoms with E-state index in [1.807, 2.05) is 54.6 Å². The molecule has 3 rings (SSSR count). The number of hydrogen-bond acceptors (Lipinski definition) is 4. The number of amides is 2. The largest absolute Gasteiger partial charge is 0.497 e. The molecule has 6 nitrogen and oxygen atoms in total. The van der Waals surface area contributed by atoms with E-state index in [0.717, 1.165) is 11.1 Å². The molecule has 0 aromatic heterocycles.